The lowest BCUT2D eigenvalue weighted by molar-refractivity contribution is -0.131. The van der Waals surface area contributed by atoms with Crippen molar-refractivity contribution < 1.29 is 9.90 Å². The number of aromatic nitrogens is 4. The predicted molar refractivity (Wildman–Crippen MR) is 150 cm³/mol. The Morgan fingerprint density at radius 1 is 0.973 bits per heavy atom. The Labute approximate surface area is 228 Å². The molecule has 2 heterocycles. The maximum Gasteiger partial charge on any atom is 0.342 e. The zero-order valence-electron chi connectivity index (χ0n) is 19.8. The van der Waals surface area contributed by atoms with Crippen LogP contribution in [-0.4, -0.2) is 30.4 Å². The van der Waals surface area contributed by atoms with Crippen molar-refractivity contribution in [2.24, 2.45) is 0 Å². The first-order valence-corrected chi connectivity index (χ1v) is 13.1. The molecular formula is C28H22Cl2N4O2S. The van der Waals surface area contributed by atoms with E-state index in [4.69, 9.17) is 23.2 Å². The SMILES string of the molecule is CCn1c(S/C(=C\c2cn(Cc3ccc(Cl)cc3)c3ccccc23)C(=O)O)nnc1-c1ccc(Cl)cc1. The average Bonchev–Trinajstić information content (AvgIpc) is 3.46. The van der Waals surface area contributed by atoms with E-state index in [-0.39, 0.29) is 4.91 Å². The minimum atomic E-state index is -1.03. The first kappa shape index (κ1) is 25.1. The predicted octanol–water partition coefficient (Wildman–Crippen LogP) is 7.49. The first-order chi connectivity index (χ1) is 17.9. The lowest BCUT2D eigenvalue weighted by Crippen LogP contribution is -2.02. The van der Waals surface area contributed by atoms with Crippen LogP contribution in [0.1, 0.15) is 18.1 Å². The molecule has 0 saturated carbocycles. The second kappa shape index (κ2) is 10.8. The number of para-hydroxylation sites is 1. The number of hydrogen-bond acceptors (Lipinski definition) is 4. The number of carbonyl (C=O) groups is 1. The van der Waals surface area contributed by atoms with Crippen LogP contribution in [0.25, 0.3) is 28.4 Å². The quantitative estimate of drug-likeness (QED) is 0.160. The molecule has 0 bridgehead atoms. The molecule has 9 heteroatoms. The normalized spacial score (nSPS) is 11.8. The summed E-state index contributed by atoms with van der Waals surface area (Å²) in [5.74, 6) is -0.371. The highest BCUT2D eigenvalue weighted by atomic mass is 35.5. The van der Waals surface area contributed by atoms with Crippen molar-refractivity contribution in [3.8, 4) is 11.4 Å². The monoisotopic (exact) mass is 548 g/mol. The molecule has 0 aliphatic rings. The van der Waals surface area contributed by atoms with E-state index in [2.05, 4.69) is 14.8 Å². The molecule has 37 heavy (non-hydrogen) atoms. The van der Waals surface area contributed by atoms with E-state index in [0.717, 1.165) is 39.4 Å². The second-order valence-corrected chi connectivity index (χ2v) is 10.2. The third-order valence-electron chi connectivity index (χ3n) is 5.92. The van der Waals surface area contributed by atoms with Crippen LogP contribution < -0.4 is 0 Å². The van der Waals surface area contributed by atoms with Crippen LogP contribution in [0.5, 0.6) is 0 Å². The number of carboxylic acid groups (broad SMARTS) is 1. The van der Waals surface area contributed by atoms with Gasteiger partial charge < -0.3 is 14.2 Å². The van der Waals surface area contributed by atoms with Crippen molar-refractivity contribution in [1.82, 2.24) is 19.3 Å². The number of fused-ring (bicyclic) bond motifs is 1. The minimum Gasteiger partial charge on any atom is -0.477 e. The Morgan fingerprint density at radius 3 is 2.32 bits per heavy atom. The van der Waals surface area contributed by atoms with Gasteiger partial charge in [-0.2, -0.15) is 0 Å². The van der Waals surface area contributed by atoms with Crippen molar-refractivity contribution in [1.29, 1.82) is 0 Å². The largest absolute Gasteiger partial charge is 0.477 e. The molecule has 0 fully saturated rings. The van der Waals surface area contributed by atoms with Crippen LogP contribution >= 0.6 is 35.0 Å². The number of nitrogens with zero attached hydrogens (tertiary/aromatic N) is 4. The van der Waals surface area contributed by atoms with Crippen molar-refractivity contribution in [3.05, 3.63) is 105 Å². The van der Waals surface area contributed by atoms with Crippen molar-refractivity contribution in [2.75, 3.05) is 0 Å². The van der Waals surface area contributed by atoms with Gasteiger partial charge in [0.15, 0.2) is 11.0 Å². The second-order valence-electron chi connectivity index (χ2n) is 8.33. The zero-order valence-corrected chi connectivity index (χ0v) is 22.1. The van der Waals surface area contributed by atoms with E-state index in [9.17, 15) is 9.90 Å². The van der Waals surface area contributed by atoms with Crippen LogP contribution in [0.3, 0.4) is 0 Å². The molecule has 0 saturated heterocycles. The van der Waals surface area contributed by atoms with E-state index in [1.54, 1.807) is 18.2 Å². The third kappa shape index (κ3) is 5.44. The Morgan fingerprint density at radius 2 is 1.65 bits per heavy atom. The van der Waals surface area contributed by atoms with E-state index in [1.807, 2.05) is 78.4 Å². The third-order valence-corrected chi connectivity index (χ3v) is 7.42. The lowest BCUT2D eigenvalue weighted by atomic mass is 10.1. The van der Waals surface area contributed by atoms with Crippen molar-refractivity contribution >= 4 is 57.9 Å². The fourth-order valence-electron chi connectivity index (χ4n) is 4.14. The Kier molecular flexibility index (Phi) is 7.37. The zero-order chi connectivity index (χ0) is 25.9. The van der Waals surface area contributed by atoms with Gasteiger partial charge in [0.05, 0.1) is 0 Å². The number of benzene rings is 3. The van der Waals surface area contributed by atoms with Gasteiger partial charge >= 0.3 is 5.97 Å². The van der Waals surface area contributed by atoms with E-state index in [0.29, 0.717) is 34.1 Å². The lowest BCUT2D eigenvalue weighted by Gasteiger charge is -2.08. The fraction of sp³-hybridized carbons (Fsp3) is 0.107. The smallest absolute Gasteiger partial charge is 0.342 e. The van der Waals surface area contributed by atoms with Gasteiger partial charge in [0, 0.05) is 51.4 Å². The summed E-state index contributed by atoms with van der Waals surface area (Å²) in [7, 11) is 0. The molecule has 2 aromatic heterocycles. The molecule has 0 amide bonds. The fourth-order valence-corrected chi connectivity index (χ4v) is 5.27. The summed E-state index contributed by atoms with van der Waals surface area (Å²) in [6, 6.07) is 23.0. The van der Waals surface area contributed by atoms with Crippen LogP contribution in [-0.2, 0) is 17.9 Å². The molecule has 5 aromatic rings. The molecular weight excluding hydrogens is 527 g/mol. The standard InChI is InChI=1S/C28H22Cl2N4O2S/c1-2-34-26(19-9-13-22(30)14-10-19)31-32-28(34)37-25(27(35)36)15-20-17-33(24-6-4-3-5-23(20)24)16-18-7-11-21(29)12-8-18/h3-15,17H,2,16H2,1H3,(H,35,36)/b25-15-. The summed E-state index contributed by atoms with van der Waals surface area (Å²) in [5.41, 5.74) is 3.78. The molecule has 3 aromatic carbocycles. The van der Waals surface area contributed by atoms with Crippen LogP contribution in [0, 0.1) is 0 Å². The Bertz CT molecular complexity index is 1610. The summed E-state index contributed by atoms with van der Waals surface area (Å²) in [4.78, 5) is 12.5. The first-order valence-electron chi connectivity index (χ1n) is 11.6. The summed E-state index contributed by atoms with van der Waals surface area (Å²) in [6.07, 6.45) is 3.68. The molecule has 0 atom stereocenters. The molecule has 5 rings (SSSR count). The molecule has 0 spiro atoms. The van der Waals surface area contributed by atoms with Crippen LogP contribution in [0.15, 0.2) is 89.1 Å². The molecule has 0 aliphatic carbocycles. The number of hydrogen-bond donors (Lipinski definition) is 1. The summed E-state index contributed by atoms with van der Waals surface area (Å²) >= 11 is 13.2. The number of aliphatic carboxylic acids is 1. The summed E-state index contributed by atoms with van der Waals surface area (Å²) < 4.78 is 4.01. The Balaban J connectivity index is 1.51. The van der Waals surface area contributed by atoms with Gasteiger partial charge in [0.2, 0.25) is 0 Å². The highest BCUT2D eigenvalue weighted by Gasteiger charge is 2.19. The van der Waals surface area contributed by atoms with Crippen molar-refractivity contribution in [3.63, 3.8) is 0 Å². The average molecular weight is 549 g/mol. The van der Waals surface area contributed by atoms with E-state index < -0.39 is 5.97 Å². The Hall–Kier alpha value is -3.52. The van der Waals surface area contributed by atoms with Gasteiger partial charge in [-0.1, -0.05) is 53.5 Å². The highest BCUT2D eigenvalue weighted by molar-refractivity contribution is 8.04. The van der Waals surface area contributed by atoms with E-state index >= 15 is 0 Å². The molecule has 6 nitrogen and oxygen atoms in total. The van der Waals surface area contributed by atoms with Gasteiger partial charge in [0.1, 0.15) is 4.91 Å². The number of carboxylic acids is 1. The van der Waals surface area contributed by atoms with Gasteiger partial charge in [0.25, 0.3) is 0 Å². The summed E-state index contributed by atoms with van der Waals surface area (Å²) in [6.45, 7) is 3.19. The topological polar surface area (TPSA) is 72.9 Å². The molecule has 186 valence electrons. The van der Waals surface area contributed by atoms with Crippen molar-refractivity contribution in [2.45, 2.75) is 25.2 Å². The van der Waals surface area contributed by atoms with Gasteiger partial charge in [-0.3, -0.25) is 0 Å². The van der Waals surface area contributed by atoms with Gasteiger partial charge in [-0.05, 0) is 72.8 Å². The summed E-state index contributed by atoms with van der Waals surface area (Å²) in [5, 5.41) is 21.5. The highest BCUT2D eigenvalue weighted by Crippen LogP contribution is 2.33. The molecule has 0 radical (unpaired) electrons. The number of thioether (sulfide) groups is 1. The number of halogens is 2. The van der Waals surface area contributed by atoms with E-state index in [1.165, 1.54) is 0 Å². The van der Waals surface area contributed by atoms with Gasteiger partial charge in [-0.15, -0.1) is 10.2 Å². The molecule has 1 N–H and O–H groups in total. The van der Waals surface area contributed by atoms with Crippen LogP contribution in [0.4, 0.5) is 0 Å². The molecule has 0 aliphatic heterocycles. The maximum absolute atomic E-state index is 12.3. The van der Waals surface area contributed by atoms with Gasteiger partial charge in [-0.25, -0.2) is 4.79 Å². The maximum atomic E-state index is 12.3. The molecule has 0 unspecified atom stereocenters. The minimum absolute atomic E-state index is 0.152. The van der Waals surface area contributed by atoms with Crippen LogP contribution in [0.2, 0.25) is 10.0 Å². The number of rotatable bonds is 8.